The lowest BCUT2D eigenvalue weighted by atomic mass is 9.91. The molecule has 1 aromatic heterocycles. The molecule has 0 aliphatic carbocycles. The Morgan fingerprint density at radius 2 is 1.95 bits per heavy atom. The van der Waals surface area contributed by atoms with Crippen LogP contribution in [0.5, 0.6) is 0 Å². The summed E-state index contributed by atoms with van der Waals surface area (Å²) < 4.78 is 28.3. The van der Waals surface area contributed by atoms with E-state index in [0.29, 0.717) is 5.92 Å². The van der Waals surface area contributed by atoms with E-state index in [9.17, 15) is 8.78 Å². The van der Waals surface area contributed by atoms with E-state index in [1.165, 1.54) is 5.69 Å². The fourth-order valence-corrected chi connectivity index (χ4v) is 3.13. The van der Waals surface area contributed by atoms with Gasteiger partial charge >= 0.3 is 0 Å². The molecule has 1 atom stereocenters. The van der Waals surface area contributed by atoms with Crippen LogP contribution < -0.4 is 0 Å². The van der Waals surface area contributed by atoms with Crippen LogP contribution in [0.15, 0.2) is 6.07 Å². The van der Waals surface area contributed by atoms with Gasteiger partial charge in [-0.2, -0.15) is 5.10 Å². The minimum Gasteiger partial charge on any atom is -0.297 e. The van der Waals surface area contributed by atoms with E-state index in [2.05, 4.69) is 36.6 Å². The zero-order valence-electron chi connectivity index (χ0n) is 13.8. The maximum Gasteiger partial charge on any atom is 0.257 e. The predicted molar refractivity (Wildman–Crippen MR) is 80.8 cm³/mol. The summed E-state index contributed by atoms with van der Waals surface area (Å²) in [6, 6.07) is 2.13. The molecular weight excluding hydrogens is 272 g/mol. The van der Waals surface area contributed by atoms with E-state index < -0.39 is 5.92 Å². The highest BCUT2D eigenvalue weighted by Crippen LogP contribution is 2.27. The Balaban J connectivity index is 2.01. The first-order chi connectivity index (χ1) is 9.54. The molecule has 1 unspecified atom stereocenters. The second kappa shape index (κ2) is 5.67. The predicted octanol–water partition coefficient (Wildman–Crippen LogP) is 3.47. The molecule has 0 saturated carbocycles. The fraction of sp³-hybridized carbons (Fsp3) is 0.812. The summed E-state index contributed by atoms with van der Waals surface area (Å²) in [5.41, 5.74) is 2.30. The Hall–Kier alpha value is -0.970. The number of hydrogen-bond donors (Lipinski definition) is 0. The van der Waals surface area contributed by atoms with E-state index in [-0.39, 0.29) is 12.0 Å². The molecule has 1 aromatic rings. The molecule has 21 heavy (non-hydrogen) atoms. The quantitative estimate of drug-likeness (QED) is 0.849. The molecule has 0 aromatic carbocycles. The van der Waals surface area contributed by atoms with Gasteiger partial charge in [-0.05, 0) is 31.9 Å². The van der Waals surface area contributed by atoms with E-state index >= 15 is 0 Å². The monoisotopic (exact) mass is 299 g/mol. The van der Waals surface area contributed by atoms with Gasteiger partial charge in [-0.3, -0.25) is 9.58 Å². The first kappa shape index (κ1) is 16.4. The lowest BCUT2D eigenvalue weighted by molar-refractivity contribution is -0.00954. The number of alkyl halides is 2. The average molecular weight is 299 g/mol. The molecule has 0 N–H and O–H groups in total. The molecule has 1 aliphatic heterocycles. The van der Waals surface area contributed by atoms with E-state index in [4.69, 9.17) is 0 Å². The largest absolute Gasteiger partial charge is 0.297 e. The van der Waals surface area contributed by atoms with Gasteiger partial charge in [-0.25, -0.2) is 8.78 Å². The lowest BCUT2D eigenvalue weighted by Gasteiger charge is -2.23. The van der Waals surface area contributed by atoms with Crippen molar-refractivity contribution in [2.24, 2.45) is 5.92 Å². The molecule has 2 heterocycles. The van der Waals surface area contributed by atoms with Crippen LogP contribution in [-0.4, -0.2) is 40.2 Å². The molecule has 1 saturated heterocycles. The van der Waals surface area contributed by atoms with Crippen molar-refractivity contribution in [1.82, 2.24) is 14.7 Å². The van der Waals surface area contributed by atoms with Crippen LogP contribution in [0.25, 0.3) is 0 Å². The molecule has 120 valence electrons. The first-order valence-corrected chi connectivity index (χ1v) is 7.70. The average Bonchev–Trinajstić information content (AvgIpc) is 2.83. The van der Waals surface area contributed by atoms with Gasteiger partial charge in [0.2, 0.25) is 0 Å². The highest BCUT2D eigenvalue weighted by Gasteiger charge is 2.31. The van der Waals surface area contributed by atoms with Crippen molar-refractivity contribution in [2.45, 2.75) is 58.9 Å². The third-order valence-corrected chi connectivity index (χ3v) is 3.97. The number of aryl methyl sites for hydroxylation is 1. The minimum atomic E-state index is -2.60. The van der Waals surface area contributed by atoms with Crippen LogP contribution in [0.3, 0.4) is 0 Å². The molecule has 3 nitrogen and oxygen atoms in total. The van der Waals surface area contributed by atoms with Crippen molar-refractivity contribution < 1.29 is 8.78 Å². The third kappa shape index (κ3) is 4.50. The molecule has 1 aliphatic rings. The summed E-state index contributed by atoms with van der Waals surface area (Å²) in [6.07, 6.45) is 0.971. The summed E-state index contributed by atoms with van der Waals surface area (Å²) in [7, 11) is 0. The Morgan fingerprint density at radius 1 is 1.29 bits per heavy atom. The smallest absolute Gasteiger partial charge is 0.257 e. The van der Waals surface area contributed by atoms with Gasteiger partial charge in [0.25, 0.3) is 5.92 Å². The summed E-state index contributed by atoms with van der Waals surface area (Å²) in [4.78, 5) is 1.87. The van der Waals surface area contributed by atoms with Crippen LogP contribution in [-0.2, 0) is 12.0 Å². The van der Waals surface area contributed by atoms with Crippen molar-refractivity contribution in [3.63, 3.8) is 0 Å². The molecule has 5 heteroatoms. The fourth-order valence-electron chi connectivity index (χ4n) is 3.13. The zero-order chi connectivity index (χ0) is 15.8. The van der Waals surface area contributed by atoms with Gasteiger partial charge in [-0.15, -0.1) is 0 Å². The van der Waals surface area contributed by atoms with Crippen LogP contribution in [0.2, 0.25) is 0 Å². The highest BCUT2D eigenvalue weighted by atomic mass is 19.3. The van der Waals surface area contributed by atoms with Crippen LogP contribution in [0, 0.1) is 12.8 Å². The molecule has 0 spiro atoms. The molecule has 0 bridgehead atoms. The van der Waals surface area contributed by atoms with Gasteiger partial charge in [0.15, 0.2) is 0 Å². The van der Waals surface area contributed by atoms with Gasteiger partial charge in [0, 0.05) is 31.1 Å². The maximum absolute atomic E-state index is 13.1. The molecular formula is C16H27F2N3. The SMILES string of the molecule is Cc1cc(C(C)(C)C)n(CC2CCN(CC(C)(F)F)C2)n1. The number of halogens is 2. The number of nitrogens with zero attached hydrogens (tertiary/aromatic N) is 3. The molecule has 0 radical (unpaired) electrons. The van der Waals surface area contributed by atoms with Crippen LogP contribution in [0.1, 0.15) is 45.5 Å². The standard InChI is InChI=1S/C16H27F2N3/c1-12-8-14(15(2,3)4)21(19-12)10-13-6-7-20(9-13)11-16(5,17)18/h8,13H,6-7,9-11H2,1-5H3. The Labute approximate surface area is 126 Å². The molecule has 0 amide bonds. The topological polar surface area (TPSA) is 21.1 Å². The Bertz CT molecular complexity index is 483. The second-order valence-electron chi connectivity index (χ2n) is 7.56. The number of aromatic nitrogens is 2. The van der Waals surface area contributed by atoms with Crippen molar-refractivity contribution in [1.29, 1.82) is 0 Å². The highest BCUT2D eigenvalue weighted by molar-refractivity contribution is 5.17. The van der Waals surface area contributed by atoms with Gasteiger partial charge in [0.05, 0.1) is 12.2 Å². The second-order valence-corrected chi connectivity index (χ2v) is 7.56. The molecule has 2 rings (SSSR count). The van der Waals surface area contributed by atoms with E-state index in [1.54, 1.807) is 0 Å². The van der Waals surface area contributed by atoms with Gasteiger partial charge in [-0.1, -0.05) is 20.8 Å². The van der Waals surface area contributed by atoms with Crippen molar-refractivity contribution >= 4 is 0 Å². The maximum atomic E-state index is 13.1. The van der Waals surface area contributed by atoms with Crippen molar-refractivity contribution in [3.8, 4) is 0 Å². The zero-order valence-corrected chi connectivity index (χ0v) is 13.8. The minimum absolute atomic E-state index is 0.0516. The summed E-state index contributed by atoms with van der Waals surface area (Å²) in [5, 5.41) is 4.59. The number of rotatable bonds is 4. The van der Waals surface area contributed by atoms with Crippen LogP contribution in [0.4, 0.5) is 8.78 Å². The summed E-state index contributed by atoms with van der Waals surface area (Å²) in [5.74, 6) is -2.19. The number of likely N-dealkylation sites (tertiary alicyclic amines) is 1. The van der Waals surface area contributed by atoms with E-state index in [1.807, 2.05) is 11.8 Å². The normalized spacial score (nSPS) is 21.2. The number of hydrogen-bond acceptors (Lipinski definition) is 2. The van der Waals surface area contributed by atoms with E-state index in [0.717, 1.165) is 38.7 Å². The Kier molecular flexibility index (Phi) is 4.43. The van der Waals surface area contributed by atoms with Crippen LogP contribution >= 0.6 is 0 Å². The van der Waals surface area contributed by atoms with Gasteiger partial charge < -0.3 is 0 Å². The molecule has 1 fully saturated rings. The first-order valence-electron chi connectivity index (χ1n) is 7.70. The third-order valence-electron chi connectivity index (χ3n) is 3.97. The Morgan fingerprint density at radius 3 is 2.52 bits per heavy atom. The summed E-state index contributed by atoms with van der Waals surface area (Å²) in [6.45, 7) is 11.7. The van der Waals surface area contributed by atoms with Gasteiger partial charge in [0.1, 0.15) is 0 Å². The summed E-state index contributed by atoms with van der Waals surface area (Å²) >= 11 is 0. The van der Waals surface area contributed by atoms with Crippen molar-refractivity contribution in [2.75, 3.05) is 19.6 Å². The lowest BCUT2D eigenvalue weighted by Crippen LogP contribution is -2.33. The van der Waals surface area contributed by atoms with Crippen molar-refractivity contribution in [3.05, 3.63) is 17.5 Å².